The zero-order valence-corrected chi connectivity index (χ0v) is 12.4. The fourth-order valence-electron chi connectivity index (χ4n) is 1.84. The summed E-state index contributed by atoms with van der Waals surface area (Å²) >= 11 is 3.56. The first-order valence-electron chi connectivity index (χ1n) is 6.21. The fraction of sp³-hybridized carbons (Fsp3) is 0.214. The van der Waals surface area contributed by atoms with Crippen molar-refractivity contribution in [1.29, 1.82) is 0 Å². The SMILES string of the molecule is CCCN=C(NN)Nc1ccc(Br)c2ccccc12. The maximum absolute atomic E-state index is 5.48. The lowest BCUT2D eigenvalue weighted by Crippen LogP contribution is -2.36. The Bertz CT molecular complexity index is 595. The highest BCUT2D eigenvalue weighted by Crippen LogP contribution is 2.29. The van der Waals surface area contributed by atoms with Gasteiger partial charge >= 0.3 is 0 Å². The summed E-state index contributed by atoms with van der Waals surface area (Å²) in [5.74, 6) is 6.06. The molecular weight excluding hydrogens is 304 g/mol. The number of anilines is 1. The Morgan fingerprint density at radius 3 is 2.63 bits per heavy atom. The summed E-state index contributed by atoms with van der Waals surface area (Å²) in [5.41, 5.74) is 3.57. The number of hydrogen-bond acceptors (Lipinski definition) is 2. The highest BCUT2D eigenvalue weighted by Gasteiger charge is 2.05. The van der Waals surface area contributed by atoms with E-state index in [0.29, 0.717) is 5.96 Å². The smallest absolute Gasteiger partial charge is 0.210 e. The monoisotopic (exact) mass is 320 g/mol. The number of nitrogens with one attached hydrogen (secondary N) is 2. The van der Waals surface area contributed by atoms with E-state index >= 15 is 0 Å². The number of nitrogens with two attached hydrogens (primary N) is 1. The normalized spacial score (nSPS) is 11.6. The first-order chi connectivity index (χ1) is 9.26. The van der Waals surface area contributed by atoms with Crippen molar-refractivity contribution >= 4 is 38.3 Å². The topological polar surface area (TPSA) is 62.4 Å². The third-order valence-electron chi connectivity index (χ3n) is 2.75. The lowest BCUT2D eigenvalue weighted by atomic mass is 10.1. The van der Waals surface area contributed by atoms with Gasteiger partial charge in [-0.25, -0.2) is 5.84 Å². The van der Waals surface area contributed by atoms with Crippen molar-refractivity contribution in [2.24, 2.45) is 10.8 Å². The summed E-state index contributed by atoms with van der Waals surface area (Å²) in [4.78, 5) is 4.34. The molecule has 0 aliphatic rings. The van der Waals surface area contributed by atoms with Crippen LogP contribution in [0.3, 0.4) is 0 Å². The van der Waals surface area contributed by atoms with Crippen LogP contribution in [0.2, 0.25) is 0 Å². The second-order valence-corrected chi connectivity index (χ2v) is 4.99. The van der Waals surface area contributed by atoms with Crippen molar-refractivity contribution in [3.63, 3.8) is 0 Å². The van der Waals surface area contributed by atoms with Crippen molar-refractivity contribution in [1.82, 2.24) is 5.43 Å². The van der Waals surface area contributed by atoms with Gasteiger partial charge < -0.3 is 5.32 Å². The Morgan fingerprint density at radius 1 is 1.21 bits per heavy atom. The molecule has 0 spiro atoms. The molecular formula is C14H17BrN4. The molecule has 0 saturated carbocycles. The molecule has 19 heavy (non-hydrogen) atoms. The summed E-state index contributed by atoms with van der Waals surface area (Å²) in [6.45, 7) is 2.81. The van der Waals surface area contributed by atoms with Crippen LogP contribution in [0.5, 0.6) is 0 Å². The Kier molecular flexibility index (Phi) is 4.76. The number of rotatable bonds is 3. The van der Waals surface area contributed by atoms with E-state index in [0.717, 1.165) is 33.9 Å². The van der Waals surface area contributed by atoms with Gasteiger partial charge in [0.1, 0.15) is 0 Å². The number of hydrazine groups is 1. The molecule has 0 atom stereocenters. The van der Waals surface area contributed by atoms with Gasteiger partial charge in [0.15, 0.2) is 0 Å². The van der Waals surface area contributed by atoms with Gasteiger partial charge in [0, 0.05) is 22.1 Å². The van der Waals surface area contributed by atoms with Gasteiger partial charge in [-0.3, -0.25) is 10.4 Å². The molecule has 0 heterocycles. The molecule has 0 aliphatic heterocycles. The zero-order valence-electron chi connectivity index (χ0n) is 10.8. The van der Waals surface area contributed by atoms with Gasteiger partial charge in [-0.05, 0) is 23.9 Å². The lowest BCUT2D eigenvalue weighted by Gasteiger charge is -2.12. The van der Waals surface area contributed by atoms with Crippen LogP contribution in [0.15, 0.2) is 45.9 Å². The molecule has 2 rings (SSSR count). The number of guanidine groups is 1. The Hall–Kier alpha value is -1.59. The van der Waals surface area contributed by atoms with Crippen molar-refractivity contribution in [2.45, 2.75) is 13.3 Å². The minimum Gasteiger partial charge on any atom is -0.325 e. The van der Waals surface area contributed by atoms with E-state index in [2.05, 4.69) is 50.7 Å². The van der Waals surface area contributed by atoms with Gasteiger partial charge in [0.05, 0.1) is 0 Å². The predicted molar refractivity (Wildman–Crippen MR) is 85.2 cm³/mol. The van der Waals surface area contributed by atoms with E-state index in [1.165, 1.54) is 0 Å². The molecule has 0 bridgehead atoms. The number of halogens is 1. The third-order valence-corrected chi connectivity index (χ3v) is 3.45. The Balaban J connectivity index is 2.38. The molecule has 2 aromatic carbocycles. The van der Waals surface area contributed by atoms with Crippen LogP contribution in [0.1, 0.15) is 13.3 Å². The van der Waals surface area contributed by atoms with Crippen LogP contribution in [0.4, 0.5) is 5.69 Å². The van der Waals surface area contributed by atoms with Gasteiger partial charge in [-0.1, -0.05) is 47.1 Å². The highest BCUT2D eigenvalue weighted by atomic mass is 79.9. The average molecular weight is 321 g/mol. The quantitative estimate of drug-likeness (QED) is 0.352. The molecule has 4 N–H and O–H groups in total. The minimum absolute atomic E-state index is 0.578. The van der Waals surface area contributed by atoms with Gasteiger partial charge in [-0.15, -0.1) is 0 Å². The summed E-state index contributed by atoms with van der Waals surface area (Å²) in [6, 6.07) is 12.2. The summed E-state index contributed by atoms with van der Waals surface area (Å²) in [7, 11) is 0. The number of benzene rings is 2. The van der Waals surface area contributed by atoms with E-state index in [4.69, 9.17) is 5.84 Å². The predicted octanol–water partition coefficient (Wildman–Crippen LogP) is 3.24. The molecule has 0 amide bonds. The van der Waals surface area contributed by atoms with Crippen LogP contribution < -0.4 is 16.6 Å². The van der Waals surface area contributed by atoms with E-state index < -0.39 is 0 Å². The largest absolute Gasteiger partial charge is 0.325 e. The molecule has 2 aromatic rings. The molecule has 100 valence electrons. The molecule has 5 heteroatoms. The van der Waals surface area contributed by atoms with Crippen molar-refractivity contribution < 1.29 is 0 Å². The van der Waals surface area contributed by atoms with E-state index in [1.54, 1.807) is 0 Å². The molecule has 0 unspecified atom stereocenters. The molecule has 0 aromatic heterocycles. The highest BCUT2D eigenvalue weighted by molar-refractivity contribution is 9.10. The van der Waals surface area contributed by atoms with E-state index in [9.17, 15) is 0 Å². The van der Waals surface area contributed by atoms with Crippen molar-refractivity contribution in [2.75, 3.05) is 11.9 Å². The second kappa shape index (κ2) is 6.54. The molecule has 0 saturated heterocycles. The van der Waals surface area contributed by atoms with E-state index in [-0.39, 0.29) is 0 Å². The van der Waals surface area contributed by atoms with Crippen LogP contribution >= 0.6 is 15.9 Å². The molecule has 0 aliphatic carbocycles. The maximum Gasteiger partial charge on any atom is 0.210 e. The molecule has 0 radical (unpaired) electrons. The maximum atomic E-state index is 5.48. The molecule has 0 fully saturated rings. The zero-order chi connectivity index (χ0) is 13.7. The van der Waals surface area contributed by atoms with Gasteiger partial charge in [-0.2, -0.15) is 0 Å². The second-order valence-electron chi connectivity index (χ2n) is 4.14. The summed E-state index contributed by atoms with van der Waals surface area (Å²) in [5, 5.41) is 5.50. The van der Waals surface area contributed by atoms with Gasteiger partial charge in [0.2, 0.25) is 5.96 Å². The number of hydrogen-bond donors (Lipinski definition) is 3. The Morgan fingerprint density at radius 2 is 1.95 bits per heavy atom. The standard InChI is InChI=1S/C14H17BrN4/c1-2-9-17-14(19-16)18-13-8-7-12(15)10-5-3-4-6-11(10)13/h3-8H,2,9,16H2,1H3,(H2,17,18,19). The first kappa shape index (κ1) is 13.8. The van der Waals surface area contributed by atoms with Crippen LogP contribution in [0.25, 0.3) is 10.8 Å². The third kappa shape index (κ3) is 3.24. The van der Waals surface area contributed by atoms with Crippen LogP contribution in [-0.2, 0) is 0 Å². The number of aliphatic imine (C=N–C) groups is 1. The summed E-state index contributed by atoms with van der Waals surface area (Å²) < 4.78 is 1.07. The Labute approximate surface area is 121 Å². The van der Waals surface area contributed by atoms with Gasteiger partial charge in [0.25, 0.3) is 0 Å². The van der Waals surface area contributed by atoms with Crippen LogP contribution in [-0.4, -0.2) is 12.5 Å². The van der Waals surface area contributed by atoms with E-state index in [1.807, 2.05) is 24.3 Å². The van der Waals surface area contributed by atoms with Crippen molar-refractivity contribution in [3.8, 4) is 0 Å². The van der Waals surface area contributed by atoms with Crippen LogP contribution in [0, 0.1) is 0 Å². The number of nitrogens with zero attached hydrogens (tertiary/aromatic N) is 1. The summed E-state index contributed by atoms with van der Waals surface area (Å²) in [6.07, 6.45) is 0.980. The number of fused-ring (bicyclic) bond motifs is 1. The van der Waals surface area contributed by atoms with Crippen molar-refractivity contribution in [3.05, 3.63) is 40.9 Å². The molecule has 4 nitrogen and oxygen atoms in total. The first-order valence-corrected chi connectivity index (χ1v) is 7.01. The fourth-order valence-corrected chi connectivity index (χ4v) is 2.32. The minimum atomic E-state index is 0.578. The lowest BCUT2D eigenvalue weighted by molar-refractivity contribution is 0.905. The average Bonchev–Trinajstić information content (AvgIpc) is 2.46.